The summed E-state index contributed by atoms with van der Waals surface area (Å²) in [6, 6.07) is 1.78. The lowest BCUT2D eigenvalue weighted by molar-refractivity contribution is 0.837. The van der Waals surface area contributed by atoms with Crippen molar-refractivity contribution in [3.05, 3.63) is 11.9 Å². The highest BCUT2D eigenvalue weighted by molar-refractivity contribution is 7.98. The summed E-state index contributed by atoms with van der Waals surface area (Å²) in [5.41, 5.74) is 5.70. The zero-order chi connectivity index (χ0) is 11.1. The molecule has 0 aromatic carbocycles. The van der Waals surface area contributed by atoms with E-state index >= 15 is 0 Å². The molecule has 0 saturated heterocycles. The number of aromatic nitrogens is 2. The first-order valence-electron chi connectivity index (χ1n) is 5.12. The van der Waals surface area contributed by atoms with Gasteiger partial charge in [-0.1, -0.05) is 6.92 Å². The van der Waals surface area contributed by atoms with Gasteiger partial charge in [-0.25, -0.2) is 9.97 Å². The van der Waals surface area contributed by atoms with Crippen molar-refractivity contribution in [3.8, 4) is 0 Å². The third-order valence-electron chi connectivity index (χ3n) is 1.88. The van der Waals surface area contributed by atoms with Crippen molar-refractivity contribution < 1.29 is 0 Å². The van der Waals surface area contributed by atoms with Crippen LogP contribution in [0.2, 0.25) is 0 Å². The van der Waals surface area contributed by atoms with Crippen molar-refractivity contribution >= 4 is 23.4 Å². The molecule has 3 N–H and O–H groups in total. The van der Waals surface area contributed by atoms with Crippen LogP contribution in [-0.4, -0.2) is 28.5 Å². The topological polar surface area (TPSA) is 63.8 Å². The Morgan fingerprint density at radius 2 is 2.27 bits per heavy atom. The lowest BCUT2D eigenvalue weighted by atomic mass is 10.3. The van der Waals surface area contributed by atoms with Gasteiger partial charge in [0.25, 0.3) is 0 Å². The molecule has 1 heterocycles. The van der Waals surface area contributed by atoms with Crippen LogP contribution in [0.1, 0.15) is 19.2 Å². The molecule has 0 fully saturated rings. The van der Waals surface area contributed by atoms with Crippen molar-refractivity contribution in [2.24, 2.45) is 0 Å². The summed E-state index contributed by atoms with van der Waals surface area (Å²) < 4.78 is 0. The second-order valence-electron chi connectivity index (χ2n) is 3.26. The number of hydrogen-bond donors (Lipinski definition) is 2. The average Bonchev–Trinajstić information content (AvgIpc) is 2.18. The van der Waals surface area contributed by atoms with Crippen LogP contribution in [0.25, 0.3) is 0 Å². The summed E-state index contributed by atoms with van der Waals surface area (Å²) in [6.45, 7) is 3.01. The van der Waals surface area contributed by atoms with Gasteiger partial charge < -0.3 is 11.1 Å². The van der Waals surface area contributed by atoms with Crippen LogP contribution in [0.15, 0.2) is 6.07 Å². The van der Waals surface area contributed by atoms with Crippen molar-refractivity contribution in [2.75, 3.05) is 29.6 Å². The molecule has 0 unspecified atom stereocenters. The number of nitrogens with zero attached hydrogens (tertiary/aromatic N) is 2. The Hall–Kier alpha value is -0.970. The molecule has 5 heteroatoms. The first kappa shape index (κ1) is 12.1. The first-order valence-corrected chi connectivity index (χ1v) is 6.52. The molecule has 0 atom stereocenters. The monoisotopic (exact) mass is 226 g/mol. The maximum atomic E-state index is 5.70. The second kappa shape index (κ2) is 6.50. The van der Waals surface area contributed by atoms with E-state index in [1.807, 2.05) is 0 Å². The number of anilines is 2. The molecule has 1 aromatic heterocycles. The molecule has 0 radical (unpaired) electrons. The molecular formula is C10H18N4S. The number of hydrogen-bond acceptors (Lipinski definition) is 5. The number of nitrogen functional groups attached to an aromatic ring is 1. The number of nitrogens with two attached hydrogens (primary N) is 1. The summed E-state index contributed by atoms with van der Waals surface area (Å²) >= 11 is 1.80. The number of thioether (sulfide) groups is 1. The molecule has 0 aliphatic rings. The summed E-state index contributed by atoms with van der Waals surface area (Å²) in [5.74, 6) is 3.26. The van der Waals surface area contributed by atoms with E-state index in [-0.39, 0.29) is 0 Å². The minimum Gasteiger partial charge on any atom is -0.384 e. The van der Waals surface area contributed by atoms with Crippen molar-refractivity contribution in [2.45, 2.75) is 19.8 Å². The van der Waals surface area contributed by atoms with Crippen LogP contribution in [-0.2, 0) is 6.42 Å². The van der Waals surface area contributed by atoms with E-state index < -0.39 is 0 Å². The molecule has 0 spiro atoms. The van der Waals surface area contributed by atoms with Crippen molar-refractivity contribution in [1.82, 2.24) is 9.97 Å². The first-order chi connectivity index (χ1) is 7.26. The van der Waals surface area contributed by atoms with E-state index in [0.717, 1.165) is 36.8 Å². The van der Waals surface area contributed by atoms with Gasteiger partial charge in [-0.3, -0.25) is 0 Å². The van der Waals surface area contributed by atoms with E-state index in [1.165, 1.54) is 0 Å². The molecule has 15 heavy (non-hydrogen) atoms. The Labute approximate surface area is 95.1 Å². The molecule has 0 aliphatic heterocycles. The van der Waals surface area contributed by atoms with Crippen LogP contribution in [0.4, 0.5) is 11.6 Å². The fourth-order valence-corrected chi connectivity index (χ4v) is 1.53. The quantitative estimate of drug-likeness (QED) is 0.724. The lowest BCUT2D eigenvalue weighted by Crippen LogP contribution is -2.09. The predicted octanol–water partition coefficient (Wildman–Crippen LogP) is 1.79. The number of aryl methyl sites for hydroxylation is 1. The highest BCUT2D eigenvalue weighted by Crippen LogP contribution is 2.09. The van der Waals surface area contributed by atoms with E-state index in [2.05, 4.69) is 28.5 Å². The van der Waals surface area contributed by atoms with Gasteiger partial charge in [-0.05, 0) is 12.7 Å². The third kappa shape index (κ3) is 4.38. The Bertz CT molecular complexity index is 303. The van der Waals surface area contributed by atoms with Crippen LogP contribution in [0.3, 0.4) is 0 Å². The zero-order valence-corrected chi connectivity index (χ0v) is 10.1. The molecule has 1 aromatic rings. The molecular weight excluding hydrogens is 208 g/mol. The van der Waals surface area contributed by atoms with Crippen molar-refractivity contribution in [3.63, 3.8) is 0 Å². The maximum Gasteiger partial charge on any atom is 0.133 e. The summed E-state index contributed by atoms with van der Waals surface area (Å²) in [5, 5.41) is 3.23. The van der Waals surface area contributed by atoms with Gasteiger partial charge in [0.05, 0.1) is 0 Å². The molecule has 0 bridgehead atoms. The van der Waals surface area contributed by atoms with E-state index in [1.54, 1.807) is 17.8 Å². The summed E-state index contributed by atoms with van der Waals surface area (Å²) in [7, 11) is 0. The Morgan fingerprint density at radius 1 is 1.47 bits per heavy atom. The Kier molecular flexibility index (Phi) is 5.25. The van der Waals surface area contributed by atoms with Gasteiger partial charge in [0.2, 0.25) is 0 Å². The molecule has 4 nitrogen and oxygen atoms in total. The standard InChI is InChI=1S/C10H18N4S/c1-3-4-9-13-8(11)7-10(14-9)12-5-6-15-2/h7H,3-6H2,1-2H3,(H3,11,12,13,14). The average molecular weight is 226 g/mol. The smallest absolute Gasteiger partial charge is 0.133 e. The van der Waals surface area contributed by atoms with Crippen LogP contribution in [0, 0.1) is 0 Å². The van der Waals surface area contributed by atoms with Gasteiger partial charge in [0.1, 0.15) is 17.5 Å². The van der Waals surface area contributed by atoms with E-state index in [4.69, 9.17) is 5.73 Å². The third-order valence-corrected chi connectivity index (χ3v) is 2.49. The van der Waals surface area contributed by atoms with Gasteiger partial charge >= 0.3 is 0 Å². The van der Waals surface area contributed by atoms with Gasteiger partial charge in [-0.15, -0.1) is 0 Å². The normalized spacial score (nSPS) is 10.3. The summed E-state index contributed by atoms with van der Waals surface area (Å²) in [4.78, 5) is 8.56. The molecule has 84 valence electrons. The minimum absolute atomic E-state index is 0.542. The SMILES string of the molecule is CCCc1nc(N)cc(NCCSC)n1. The fraction of sp³-hybridized carbons (Fsp3) is 0.600. The predicted molar refractivity (Wildman–Crippen MR) is 67.3 cm³/mol. The highest BCUT2D eigenvalue weighted by Gasteiger charge is 2.01. The summed E-state index contributed by atoms with van der Waals surface area (Å²) in [6.07, 6.45) is 3.99. The van der Waals surface area contributed by atoms with E-state index in [9.17, 15) is 0 Å². The molecule has 1 rings (SSSR count). The largest absolute Gasteiger partial charge is 0.384 e. The Morgan fingerprint density at radius 3 is 2.93 bits per heavy atom. The fourth-order valence-electron chi connectivity index (χ4n) is 1.22. The van der Waals surface area contributed by atoms with Crippen LogP contribution in [0.5, 0.6) is 0 Å². The van der Waals surface area contributed by atoms with Gasteiger partial charge in [0.15, 0.2) is 0 Å². The lowest BCUT2D eigenvalue weighted by Gasteiger charge is -2.07. The maximum absolute atomic E-state index is 5.70. The zero-order valence-electron chi connectivity index (χ0n) is 9.29. The minimum atomic E-state index is 0.542. The number of rotatable bonds is 6. The second-order valence-corrected chi connectivity index (χ2v) is 4.25. The van der Waals surface area contributed by atoms with E-state index in [0.29, 0.717) is 5.82 Å². The van der Waals surface area contributed by atoms with Crippen LogP contribution >= 0.6 is 11.8 Å². The number of nitrogens with one attached hydrogen (secondary N) is 1. The van der Waals surface area contributed by atoms with Gasteiger partial charge in [0, 0.05) is 24.8 Å². The van der Waals surface area contributed by atoms with Crippen molar-refractivity contribution in [1.29, 1.82) is 0 Å². The molecule has 0 saturated carbocycles. The molecule has 0 amide bonds. The Balaban J connectivity index is 2.62. The van der Waals surface area contributed by atoms with Crippen LogP contribution < -0.4 is 11.1 Å². The highest BCUT2D eigenvalue weighted by atomic mass is 32.2. The molecule has 0 aliphatic carbocycles. The van der Waals surface area contributed by atoms with Gasteiger partial charge in [-0.2, -0.15) is 11.8 Å².